The first-order valence-electron chi connectivity index (χ1n) is 9.39. The molecule has 2 rings (SSSR count). The minimum absolute atomic E-state index is 0. The Morgan fingerprint density at radius 2 is 2.15 bits per heavy atom. The quantitative estimate of drug-likeness (QED) is 0.390. The minimum Gasteiger partial charge on any atom is -0.370 e. The van der Waals surface area contributed by atoms with E-state index in [2.05, 4.69) is 72.2 Å². The number of ether oxygens (including phenoxy) is 1. The molecule has 2 unspecified atom stereocenters. The number of rotatable bonds is 6. The molecule has 0 saturated carbocycles. The van der Waals surface area contributed by atoms with Crippen LogP contribution in [0.5, 0.6) is 0 Å². The van der Waals surface area contributed by atoms with Crippen LogP contribution in [0.25, 0.3) is 0 Å². The molecule has 0 aliphatic carbocycles. The average molecular weight is 474 g/mol. The number of nitrogens with zero attached hydrogens (tertiary/aromatic N) is 3. The summed E-state index contributed by atoms with van der Waals surface area (Å²) in [5, 5.41) is 3.51. The molecule has 1 heterocycles. The topological polar surface area (TPSA) is 40.1 Å². The highest BCUT2D eigenvalue weighted by Gasteiger charge is 2.25. The number of aliphatic imine (C=N–C) groups is 1. The second-order valence-corrected chi connectivity index (χ2v) is 6.87. The third-order valence-corrected chi connectivity index (χ3v) is 5.20. The third-order valence-electron chi connectivity index (χ3n) is 5.20. The molecular formula is C20H35IN4O. The van der Waals surface area contributed by atoms with Crippen molar-refractivity contribution in [2.75, 3.05) is 46.9 Å². The van der Waals surface area contributed by atoms with Gasteiger partial charge in [-0.2, -0.15) is 0 Å². The van der Waals surface area contributed by atoms with Crippen LogP contribution >= 0.6 is 24.0 Å². The summed E-state index contributed by atoms with van der Waals surface area (Å²) >= 11 is 0. The van der Waals surface area contributed by atoms with Crippen molar-refractivity contribution in [1.82, 2.24) is 15.1 Å². The molecule has 0 radical (unpaired) electrons. The molecule has 2 atom stereocenters. The highest BCUT2D eigenvalue weighted by molar-refractivity contribution is 14.0. The molecule has 1 fully saturated rings. The number of halogens is 1. The molecule has 0 amide bonds. The lowest BCUT2D eigenvalue weighted by molar-refractivity contribution is -0.00833. The first kappa shape index (κ1) is 23.2. The Bertz CT molecular complexity index is 566. The van der Waals surface area contributed by atoms with Crippen LogP contribution in [-0.2, 0) is 4.74 Å². The summed E-state index contributed by atoms with van der Waals surface area (Å²) in [6.07, 6.45) is 1.28. The number of hydrogen-bond donors (Lipinski definition) is 1. The predicted octanol–water partition coefficient (Wildman–Crippen LogP) is 3.29. The van der Waals surface area contributed by atoms with Crippen molar-refractivity contribution in [3.63, 3.8) is 0 Å². The summed E-state index contributed by atoms with van der Waals surface area (Å²) in [6.45, 7) is 11.0. The van der Waals surface area contributed by atoms with Gasteiger partial charge < -0.3 is 19.9 Å². The number of benzene rings is 1. The second kappa shape index (κ2) is 11.8. The summed E-state index contributed by atoms with van der Waals surface area (Å²) in [7, 11) is 4.04. The van der Waals surface area contributed by atoms with E-state index >= 15 is 0 Å². The largest absolute Gasteiger partial charge is 0.370 e. The fourth-order valence-corrected chi connectivity index (χ4v) is 3.19. The van der Waals surface area contributed by atoms with Gasteiger partial charge in [-0.1, -0.05) is 31.2 Å². The monoisotopic (exact) mass is 474 g/mol. The van der Waals surface area contributed by atoms with E-state index in [0.29, 0.717) is 6.04 Å². The van der Waals surface area contributed by atoms with Gasteiger partial charge in [0.05, 0.1) is 13.2 Å². The number of morpholine rings is 1. The van der Waals surface area contributed by atoms with Gasteiger partial charge in [-0.25, -0.2) is 0 Å². The number of hydrogen-bond acceptors (Lipinski definition) is 3. The van der Waals surface area contributed by atoms with Crippen molar-refractivity contribution < 1.29 is 4.74 Å². The molecule has 6 heteroatoms. The zero-order valence-electron chi connectivity index (χ0n) is 16.9. The summed E-state index contributed by atoms with van der Waals surface area (Å²) in [5.74, 6) is 0.972. The standard InChI is InChI=1S/C20H34N4O.HI/c1-6-17(3)23(5)12-11-22-20(21-4)24-13-14-25-19(15-24)18-10-8-7-9-16(18)2;/h7-10,17,19H,6,11-15H2,1-5H3,(H,21,22);1H. The van der Waals surface area contributed by atoms with Gasteiger partial charge in [0.25, 0.3) is 0 Å². The van der Waals surface area contributed by atoms with Crippen molar-refractivity contribution in [1.29, 1.82) is 0 Å². The van der Waals surface area contributed by atoms with E-state index in [9.17, 15) is 0 Å². The van der Waals surface area contributed by atoms with Gasteiger partial charge in [0, 0.05) is 32.7 Å². The zero-order valence-corrected chi connectivity index (χ0v) is 19.2. The Kier molecular flexibility index (Phi) is 10.5. The highest BCUT2D eigenvalue weighted by atomic mass is 127. The Balaban J connectivity index is 0.00000338. The SMILES string of the molecule is CCC(C)N(C)CCNC(=NC)N1CCOC(c2ccccc2C)C1.I. The van der Waals surface area contributed by atoms with Gasteiger partial charge >= 0.3 is 0 Å². The van der Waals surface area contributed by atoms with E-state index in [-0.39, 0.29) is 30.1 Å². The predicted molar refractivity (Wildman–Crippen MR) is 121 cm³/mol. The number of guanidine groups is 1. The van der Waals surface area contributed by atoms with E-state index in [0.717, 1.165) is 38.7 Å². The first-order chi connectivity index (χ1) is 12.1. The molecule has 5 nitrogen and oxygen atoms in total. The molecule has 1 saturated heterocycles. The van der Waals surface area contributed by atoms with Crippen LogP contribution in [0.15, 0.2) is 29.3 Å². The normalized spacial score (nSPS) is 19.2. The van der Waals surface area contributed by atoms with Crippen molar-refractivity contribution in [2.45, 2.75) is 39.3 Å². The molecule has 0 spiro atoms. The summed E-state index contributed by atoms with van der Waals surface area (Å²) < 4.78 is 6.03. The fourth-order valence-electron chi connectivity index (χ4n) is 3.19. The third kappa shape index (κ3) is 6.39. The molecule has 148 valence electrons. The molecule has 1 aliphatic rings. The Morgan fingerprint density at radius 1 is 1.42 bits per heavy atom. The molecule has 1 aliphatic heterocycles. The van der Waals surface area contributed by atoms with Crippen molar-refractivity contribution in [2.24, 2.45) is 4.99 Å². The van der Waals surface area contributed by atoms with Crippen LogP contribution in [0.1, 0.15) is 37.5 Å². The maximum absolute atomic E-state index is 6.03. The molecule has 0 bridgehead atoms. The summed E-state index contributed by atoms with van der Waals surface area (Å²) in [5.41, 5.74) is 2.56. The lowest BCUT2D eigenvalue weighted by atomic mass is 10.0. The smallest absolute Gasteiger partial charge is 0.193 e. The number of likely N-dealkylation sites (N-methyl/N-ethyl adjacent to an activating group) is 1. The van der Waals surface area contributed by atoms with Gasteiger partial charge in [0.1, 0.15) is 6.10 Å². The highest BCUT2D eigenvalue weighted by Crippen LogP contribution is 2.24. The van der Waals surface area contributed by atoms with Gasteiger partial charge in [-0.15, -0.1) is 24.0 Å². The van der Waals surface area contributed by atoms with Gasteiger partial charge in [0.2, 0.25) is 0 Å². The Labute approximate surface area is 176 Å². The van der Waals surface area contributed by atoms with Crippen LogP contribution < -0.4 is 5.32 Å². The van der Waals surface area contributed by atoms with Crippen molar-refractivity contribution in [3.05, 3.63) is 35.4 Å². The van der Waals surface area contributed by atoms with Gasteiger partial charge in [0.15, 0.2) is 5.96 Å². The molecule has 1 aromatic carbocycles. The van der Waals surface area contributed by atoms with Crippen molar-refractivity contribution >= 4 is 29.9 Å². The Morgan fingerprint density at radius 3 is 2.81 bits per heavy atom. The molecular weight excluding hydrogens is 439 g/mol. The molecule has 1 aromatic rings. The second-order valence-electron chi connectivity index (χ2n) is 6.87. The van der Waals surface area contributed by atoms with Crippen molar-refractivity contribution in [3.8, 4) is 0 Å². The first-order valence-corrected chi connectivity index (χ1v) is 9.39. The van der Waals surface area contributed by atoms with E-state index in [4.69, 9.17) is 4.74 Å². The van der Waals surface area contributed by atoms with Crippen LogP contribution in [0.3, 0.4) is 0 Å². The van der Waals surface area contributed by atoms with Gasteiger partial charge in [-0.3, -0.25) is 4.99 Å². The van der Waals surface area contributed by atoms with Gasteiger partial charge in [-0.05, 0) is 38.4 Å². The molecule has 1 N–H and O–H groups in total. The fraction of sp³-hybridized carbons (Fsp3) is 0.650. The van der Waals surface area contributed by atoms with Crippen LogP contribution in [0.4, 0.5) is 0 Å². The summed E-state index contributed by atoms with van der Waals surface area (Å²) in [6, 6.07) is 9.09. The lowest BCUT2D eigenvalue weighted by Gasteiger charge is -2.36. The van der Waals surface area contributed by atoms with E-state index < -0.39 is 0 Å². The Hall–Kier alpha value is -0.860. The summed E-state index contributed by atoms with van der Waals surface area (Å²) in [4.78, 5) is 9.18. The maximum atomic E-state index is 6.03. The lowest BCUT2D eigenvalue weighted by Crippen LogP contribution is -2.49. The number of aryl methyl sites for hydroxylation is 1. The van der Waals surface area contributed by atoms with Crippen LogP contribution in [-0.4, -0.2) is 68.7 Å². The average Bonchev–Trinajstić information content (AvgIpc) is 2.64. The van der Waals surface area contributed by atoms with Crippen LogP contribution in [0.2, 0.25) is 0 Å². The minimum atomic E-state index is 0. The van der Waals surface area contributed by atoms with E-state index in [1.54, 1.807) is 0 Å². The molecule has 0 aromatic heterocycles. The van der Waals surface area contributed by atoms with E-state index in [1.807, 2.05) is 7.05 Å². The van der Waals surface area contributed by atoms with E-state index in [1.165, 1.54) is 17.5 Å². The van der Waals surface area contributed by atoms with Crippen LogP contribution in [0, 0.1) is 6.92 Å². The molecule has 26 heavy (non-hydrogen) atoms. The maximum Gasteiger partial charge on any atom is 0.193 e. The number of nitrogens with one attached hydrogen (secondary N) is 1. The zero-order chi connectivity index (χ0) is 18.2.